The molecule has 1 saturated heterocycles. The number of ketones is 1. The summed E-state index contributed by atoms with van der Waals surface area (Å²) in [6.45, 7) is 1.17. The Labute approximate surface area is 189 Å². The first-order chi connectivity index (χ1) is 15.6. The summed E-state index contributed by atoms with van der Waals surface area (Å²) in [7, 11) is 0. The summed E-state index contributed by atoms with van der Waals surface area (Å²) in [5.74, 6) is 0.423. The number of carbonyl (C=O) groups excluding carboxylic acids is 1. The van der Waals surface area contributed by atoms with E-state index in [1.54, 1.807) is 24.3 Å². The van der Waals surface area contributed by atoms with E-state index in [1.807, 2.05) is 60.7 Å². The quantitative estimate of drug-likeness (QED) is 0.500. The van der Waals surface area contributed by atoms with Gasteiger partial charge in [0.2, 0.25) is 0 Å². The molecule has 0 amide bonds. The number of aliphatic hydroxyl groups is 1. The van der Waals surface area contributed by atoms with Crippen molar-refractivity contribution in [3.05, 3.63) is 102 Å². The van der Waals surface area contributed by atoms with Crippen LogP contribution < -0.4 is 15.8 Å². The molecule has 0 saturated carbocycles. The second-order valence-corrected chi connectivity index (χ2v) is 8.42. The van der Waals surface area contributed by atoms with Crippen molar-refractivity contribution in [1.29, 1.82) is 0 Å². The minimum Gasteiger partial charge on any atom is -0.489 e. The van der Waals surface area contributed by atoms with Gasteiger partial charge in [0, 0.05) is 11.6 Å². The zero-order valence-corrected chi connectivity index (χ0v) is 18.1. The first-order valence-electron chi connectivity index (χ1n) is 11.1. The van der Waals surface area contributed by atoms with Crippen molar-refractivity contribution < 1.29 is 14.6 Å². The molecule has 4 N–H and O–H groups in total. The molecule has 0 radical (unpaired) electrons. The monoisotopic (exact) mass is 430 g/mol. The number of hydrogen-bond acceptors (Lipinski definition) is 5. The molecular formula is C27H30N2O3. The van der Waals surface area contributed by atoms with Gasteiger partial charge in [-0.1, -0.05) is 60.7 Å². The lowest BCUT2D eigenvalue weighted by atomic mass is 9.76. The highest BCUT2D eigenvalue weighted by Crippen LogP contribution is 2.28. The highest BCUT2D eigenvalue weighted by molar-refractivity contribution is 6.04. The first kappa shape index (κ1) is 22.2. The SMILES string of the molecule is NC1(C(=O)c2ccc(OCc3ccccc3)cc2)C(O)CCCNC1Cc1ccccc1. The van der Waals surface area contributed by atoms with Gasteiger partial charge in [-0.25, -0.2) is 0 Å². The maximum Gasteiger partial charge on any atom is 0.186 e. The average molecular weight is 431 g/mol. The van der Waals surface area contributed by atoms with Crippen molar-refractivity contribution in [3.8, 4) is 5.75 Å². The summed E-state index contributed by atoms with van der Waals surface area (Å²) in [5, 5.41) is 14.4. The lowest BCUT2D eigenvalue weighted by molar-refractivity contribution is 0.0470. The van der Waals surface area contributed by atoms with Crippen LogP contribution in [0.1, 0.15) is 34.3 Å². The Hall–Kier alpha value is -2.99. The van der Waals surface area contributed by atoms with E-state index in [9.17, 15) is 9.90 Å². The van der Waals surface area contributed by atoms with E-state index in [1.165, 1.54) is 0 Å². The molecule has 5 heteroatoms. The third-order valence-electron chi connectivity index (χ3n) is 6.21. The number of nitrogens with two attached hydrogens (primary N) is 1. The van der Waals surface area contributed by atoms with Gasteiger partial charge >= 0.3 is 0 Å². The summed E-state index contributed by atoms with van der Waals surface area (Å²) < 4.78 is 5.83. The fraction of sp³-hybridized carbons (Fsp3) is 0.296. The van der Waals surface area contributed by atoms with Gasteiger partial charge in [-0.3, -0.25) is 4.79 Å². The van der Waals surface area contributed by atoms with Crippen molar-refractivity contribution in [1.82, 2.24) is 5.32 Å². The molecule has 1 aliphatic rings. The molecule has 3 unspecified atom stereocenters. The topological polar surface area (TPSA) is 84.6 Å². The van der Waals surface area contributed by atoms with Crippen molar-refractivity contribution in [2.24, 2.45) is 5.73 Å². The number of rotatable bonds is 7. The lowest BCUT2D eigenvalue weighted by Crippen LogP contribution is -2.68. The number of aliphatic hydroxyl groups excluding tert-OH is 1. The second-order valence-electron chi connectivity index (χ2n) is 8.42. The Morgan fingerprint density at radius 3 is 2.25 bits per heavy atom. The van der Waals surface area contributed by atoms with Gasteiger partial charge in [-0.05, 0) is 61.2 Å². The van der Waals surface area contributed by atoms with Gasteiger partial charge in [0.15, 0.2) is 5.78 Å². The highest BCUT2D eigenvalue weighted by atomic mass is 16.5. The van der Waals surface area contributed by atoms with Gasteiger partial charge in [-0.15, -0.1) is 0 Å². The summed E-state index contributed by atoms with van der Waals surface area (Å²) in [6, 6.07) is 26.5. The van der Waals surface area contributed by atoms with Crippen LogP contribution in [0.25, 0.3) is 0 Å². The van der Waals surface area contributed by atoms with Gasteiger partial charge in [0.1, 0.15) is 17.9 Å². The summed E-state index contributed by atoms with van der Waals surface area (Å²) in [6.07, 6.45) is 0.898. The second kappa shape index (κ2) is 10.1. The maximum atomic E-state index is 13.6. The van der Waals surface area contributed by atoms with E-state index < -0.39 is 11.6 Å². The van der Waals surface area contributed by atoms with Gasteiger partial charge in [-0.2, -0.15) is 0 Å². The molecule has 1 fully saturated rings. The van der Waals surface area contributed by atoms with E-state index in [2.05, 4.69) is 5.32 Å². The Bertz CT molecular complexity index is 1010. The molecule has 32 heavy (non-hydrogen) atoms. The molecule has 166 valence electrons. The van der Waals surface area contributed by atoms with E-state index in [0.29, 0.717) is 37.3 Å². The van der Waals surface area contributed by atoms with Crippen LogP contribution in [-0.4, -0.2) is 35.1 Å². The lowest BCUT2D eigenvalue weighted by Gasteiger charge is -2.38. The summed E-state index contributed by atoms with van der Waals surface area (Å²) >= 11 is 0. The molecule has 3 atom stereocenters. The molecule has 0 spiro atoms. The standard InChI is InChI=1S/C27H30N2O3/c28-27(24(29-17-7-12-25(27)30)18-20-8-3-1-4-9-20)26(31)22-13-15-23(16-14-22)32-19-21-10-5-2-6-11-21/h1-6,8-11,13-16,24-25,29-30H,7,12,17-19,28H2. The minimum atomic E-state index is -1.42. The van der Waals surface area contributed by atoms with Gasteiger partial charge < -0.3 is 20.9 Å². The number of hydrogen-bond donors (Lipinski definition) is 3. The molecule has 5 nitrogen and oxygen atoms in total. The third kappa shape index (κ3) is 4.91. The predicted octanol–water partition coefficient (Wildman–Crippen LogP) is 3.50. The molecule has 3 aromatic rings. The van der Waals surface area contributed by atoms with Crippen LogP contribution in [0.4, 0.5) is 0 Å². The Morgan fingerprint density at radius 1 is 0.969 bits per heavy atom. The third-order valence-corrected chi connectivity index (χ3v) is 6.21. The maximum absolute atomic E-state index is 13.6. The number of carbonyl (C=O) groups is 1. The van der Waals surface area contributed by atoms with Crippen molar-refractivity contribution >= 4 is 5.78 Å². The molecule has 0 bridgehead atoms. The Kier molecular flexibility index (Phi) is 7.00. The largest absolute Gasteiger partial charge is 0.489 e. The van der Waals surface area contributed by atoms with E-state index in [4.69, 9.17) is 10.5 Å². The van der Waals surface area contributed by atoms with E-state index in [-0.39, 0.29) is 11.8 Å². The van der Waals surface area contributed by atoms with Crippen LogP contribution >= 0.6 is 0 Å². The number of nitrogens with one attached hydrogen (secondary N) is 1. The smallest absolute Gasteiger partial charge is 0.186 e. The van der Waals surface area contributed by atoms with Crippen LogP contribution in [0.15, 0.2) is 84.9 Å². The molecule has 1 aliphatic heterocycles. The molecule has 3 aromatic carbocycles. The molecule has 0 aliphatic carbocycles. The summed E-state index contributed by atoms with van der Waals surface area (Å²) in [5.41, 5.74) is 7.95. The number of Topliss-reactive ketones (excluding diaryl/α,β-unsaturated/α-hetero) is 1. The van der Waals surface area contributed by atoms with Crippen LogP contribution in [-0.2, 0) is 13.0 Å². The van der Waals surface area contributed by atoms with Crippen LogP contribution in [0, 0.1) is 0 Å². The van der Waals surface area contributed by atoms with Crippen LogP contribution in [0.2, 0.25) is 0 Å². The van der Waals surface area contributed by atoms with Gasteiger partial charge in [0.25, 0.3) is 0 Å². The Morgan fingerprint density at radius 2 is 1.59 bits per heavy atom. The molecule has 1 heterocycles. The highest BCUT2D eigenvalue weighted by Gasteiger charge is 2.48. The zero-order valence-electron chi connectivity index (χ0n) is 18.1. The van der Waals surface area contributed by atoms with E-state index >= 15 is 0 Å². The number of ether oxygens (including phenoxy) is 1. The molecule has 0 aromatic heterocycles. The molecule has 4 rings (SSSR count). The normalized spacial score (nSPS) is 23.3. The molecular weight excluding hydrogens is 400 g/mol. The predicted molar refractivity (Wildman–Crippen MR) is 126 cm³/mol. The van der Waals surface area contributed by atoms with Crippen molar-refractivity contribution in [2.45, 2.75) is 43.6 Å². The fourth-order valence-electron chi connectivity index (χ4n) is 4.31. The Balaban J connectivity index is 1.52. The zero-order chi connectivity index (χ0) is 22.4. The van der Waals surface area contributed by atoms with Crippen molar-refractivity contribution in [3.63, 3.8) is 0 Å². The van der Waals surface area contributed by atoms with Gasteiger partial charge in [0.05, 0.1) is 6.10 Å². The first-order valence-corrected chi connectivity index (χ1v) is 11.1. The van der Waals surface area contributed by atoms with E-state index in [0.717, 1.165) is 17.5 Å². The number of benzene rings is 3. The summed E-state index contributed by atoms with van der Waals surface area (Å²) in [4.78, 5) is 13.6. The van der Waals surface area contributed by atoms with Crippen LogP contribution in [0.5, 0.6) is 5.75 Å². The van der Waals surface area contributed by atoms with Crippen LogP contribution in [0.3, 0.4) is 0 Å². The fourth-order valence-corrected chi connectivity index (χ4v) is 4.31. The average Bonchev–Trinajstić information content (AvgIpc) is 2.98. The minimum absolute atomic E-state index is 0.255. The van der Waals surface area contributed by atoms with Crippen molar-refractivity contribution in [2.75, 3.05) is 6.54 Å².